The third-order valence-electron chi connectivity index (χ3n) is 3.28. The van der Waals surface area contributed by atoms with Crippen molar-refractivity contribution in [3.8, 4) is 0 Å². The highest BCUT2D eigenvalue weighted by Gasteiger charge is 2.15. The smallest absolute Gasteiger partial charge is 0.340 e. The van der Waals surface area contributed by atoms with Crippen molar-refractivity contribution >= 4 is 17.3 Å². The molecule has 0 amide bonds. The van der Waals surface area contributed by atoms with Gasteiger partial charge < -0.3 is 20.5 Å². The van der Waals surface area contributed by atoms with Crippen molar-refractivity contribution in [2.75, 3.05) is 31.3 Å². The van der Waals surface area contributed by atoms with Crippen molar-refractivity contribution in [2.24, 2.45) is 0 Å². The lowest BCUT2D eigenvalue weighted by atomic mass is 10.1. The Hall–Kier alpha value is -1.75. The van der Waals surface area contributed by atoms with Gasteiger partial charge in [0.1, 0.15) is 0 Å². The average Bonchev–Trinajstić information content (AvgIpc) is 2.93. The molecule has 5 nitrogen and oxygen atoms in total. The SMILES string of the molecule is COC(=O)c1cc(NCCC2CCCO2)ccc1N. The van der Waals surface area contributed by atoms with Crippen LogP contribution < -0.4 is 11.1 Å². The summed E-state index contributed by atoms with van der Waals surface area (Å²) in [5, 5.41) is 3.27. The normalized spacial score (nSPS) is 18.3. The third kappa shape index (κ3) is 3.61. The first-order chi connectivity index (χ1) is 9.20. The van der Waals surface area contributed by atoms with Gasteiger partial charge in [0.25, 0.3) is 0 Å². The van der Waals surface area contributed by atoms with Crippen molar-refractivity contribution < 1.29 is 14.3 Å². The monoisotopic (exact) mass is 264 g/mol. The summed E-state index contributed by atoms with van der Waals surface area (Å²) in [4.78, 5) is 11.5. The Morgan fingerprint density at radius 1 is 1.58 bits per heavy atom. The van der Waals surface area contributed by atoms with Crippen molar-refractivity contribution in [3.05, 3.63) is 23.8 Å². The minimum Gasteiger partial charge on any atom is -0.465 e. The Balaban J connectivity index is 1.91. The second-order valence-corrected chi connectivity index (χ2v) is 4.64. The van der Waals surface area contributed by atoms with Gasteiger partial charge in [-0.25, -0.2) is 4.79 Å². The molecule has 5 heteroatoms. The third-order valence-corrected chi connectivity index (χ3v) is 3.28. The van der Waals surface area contributed by atoms with Crippen molar-refractivity contribution in [3.63, 3.8) is 0 Å². The zero-order chi connectivity index (χ0) is 13.7. The molecular formula is C14H20N2O3. The standard InChI is InChI=1S/C14H20N2O3/c1-18-14(17)12-9-10(4-5-13(12)15)16-7-6-11-3-2-8-19-11/h4-5,9,11,16H,2-3,6-8,15H2,1H3. The Bertz CT molecular complexity index is 442. The first-order valence-corrected chi connectivity index (χ1v) is 6.54. The molecule has 3 N–H and O–H groups in total. The van der Waals surface area contributed by atoms with Crippen molar-refractivity contribution in [2.45, 2.75) is 25.4 Å². The van der Waals surface area contributed by atoms with E-state index in [2.05, 4.69) is 5.32 Å². The van der Waals surface area contributed by atoms with E-state index in [1.807, 2.05) is 6.07 Å². The van der Waals surface area contributed by atoms with E-state index in [1.54, 1.807) is 12.1 Å². The van der Waals surface area contributed by atoms with Crippen LogP contribution >= 0.6 is 0 Å². The fourth-order valence-corrected chi connectivity index (χ4v) is 2.20. The number of nitrogens with one attached hydrogen (secondary N) is 1. The fraction of sp³-hybridized carbons (Fsp3) is 0.500. The lowest BCUT2D eigenvalue weighted by molar-refractivity contribution is 0.0602. The zero-order valence-corrected chi connectivity index (χ0v) is 11.1. The molecule has 1 aliphatic rings. The highest BCUT2D eigenvalue weighted by atomic mass is 16.5. The first kappa shape index (κ1) is 13.7. The summed E-state index contributed by atoms with van der Waals surface area (Å²) in [6.45, 7) is 1.69. The number of ether oxygens (including phenoxy) is 2. The van der Waals surface area contributed by atoms with E-state index in [1.165, 1.54) is 7.11 Å². The number of esters is 1. The Labute approximate surface area is 113 Å². The number of carbonyl (C=O) groups excluding carboxylic acids is 1. The summed E-state index contributed by atoms with van der Waals surface area (Å²) in [6, 6.07) is 5.29. The Kier molecular flexibility index (Phi) is 4.63. The van der Waals surface area contributed by atoms with Crippen molar-refractivity contribution in [1.82, 2.24) is 0 Å². The molecule has 0 aliphatic carbocycles. The van der Waals surface area contributed by atoms with Gasteiger partial charge in [-0.3, -0.25) is 0 Å². The molecule has 1 fully saturated rings. The van der Waals surface area contributed by atoms with Gasteiger partial charge in [0.2, 0.25) is 0 Å². The number of carbonyl (C=O) groups is 1. The molecule has 0 saturated carbocycles. The molecule has 0 radical (unpaired) electrons. The molecule has 1 aromatic carbocycles. The highest BCUT2D eigenvalue weighted by Crippen LogP contribution is 2.20. The second-order valence-electron chi connectivity index (χ2n) is 4.64. The highest BCUT2D eigenvalue weighted by molar-refractivity contribution is 5.96. The van der Waals surface area contributed by atoms with Gasteiger partial charge in [0, 0.05) is 24.5 Å². The van der Waals surface area contributed by atoms with E-state index >= 15 is 0 Å². The Morgan fingerprint density at radius 2 is 2.42 bits per heavy atom. The first-order valence-electron chi connectivity index (χ1n) is 6.54. The quantitative estimate of drug-likeness (QED) is 0.629. The number of rotatable bonds is 5. The van der Waals surface area contributed by atoms with Gasteiger partial charge in [-0.05, 0) is 37.5 Å². The summed E-state index contributed by atoms with van der Waals surface area (Å²) in [5.74, 6) is -0.416. The summed E-state index contributed by atoms with van der Waals surface area (Å²) in [7, 11) is 1.35. The summed E-state index contributed by atoms with van der Waals surface area (Å²) in [6.07, 6.45) is 3.62. The minimum absolute atomic E-state index is 0.362. The van der Waals surface area contributed by atoms with Crippen molar-refractivity contribution in [1.29, 1.82) is 0 Å². The lowest BCUT2D eigenvalue weighted by Crippen LogP contribution is -2.13. The molecule has 1 heterocycles. The molecule has 1 atom stereocenters. The summed E-state index contributed by atoms with van der Waals surface area (Å²) < 4.78 is 10.2. The molecule has 19 heavy (non-hydrogen) atoms. The maximum Gasteiger partial charge on any atom is 0.340 e. The summed E-state index contributed by atoms with van der Waals surface area (Å²) in [5.41, 5.74) is 7.43. The van der Waals surface area contributed by atoms with E-state index in [4.69, 9.17) is 15.2 Å². The predicted octanol–water partition coefficient (Wildman–Crippen LogP) is 2.04. The van der Waals surface area contributed by atoms with Crippen LogP contribution in [0.2, 0.25) is 0 Å². The van der Waals surface area contributed by atoms with Gasteiger partial charge >= 0.3 is 5.97 Å². The fourth-order valence-electron chi connectivity index (χ4n) is 2.20. The van der Waals surface area contributed by atoms with Crippen LogP contribution in [-0.4, -0.2) is 32.3 Å². The molecule has 0 bridgehead atoms. The van der Waals surface area contributed by atoms with Crippen LogP contribution in [0.15, 0.2) is 18.2 Å². The zero-order valence-electron chi connectivity index (χ0n) is 11.1. The second kappa shape index (κ2) is 6.43. The van der Waals surface area contributed by atoms with Gasteiger partial charge in [-0.1, -0.05) is 0 Å². The predicted molar refractivity (Wildman–Crippen MR) is 74.3 cm³/mol. The topological polar surface area (TPSA) is 73.6 Å². The van der Waals surface area contributed by atoms with E-state index in [0.717, 1.165) is 38.1 Å². The van der Waals surface area contributed by atoms with Gasteiger partial charge in [0.15, 0.2) is 0 Å². The van der Waals surface area contributed by atoms with E-state index in [0.29, 0.717) is 17.4 Å². The molecule has 104 valence electrons. The molecule has 1 aliphatic heterocycles. The van der Waals surface area contributed by atoms with Crippen LogP contribution in [0.3, 0.4) is 0 Å². The molecule has 1 unspecified atom stereocenters. The van der Waals surface area contributed by atoms with E-state index in [9.17, 15) is 4.79 Å². The Morgan fingerprint density at radius 3 is 3.11 bits per heavy atom. The van der Waals surface area contributed by atoms with Crippen LogP contribution in [0.4, 0.5) is 11.4 Å². The molecule has 1 saturated heterocycles. The number of anilines is 2. The molecule has 1 aromatic rings. The molecule has 2 rings (SSSR count). The minimum atomic E-state index is -0.416. The van der Waals surface area contributed by atoms with E-state index in [-0.39, 0.29) is 0 Å². The van der Waals surface area contributed by atoms with Gasteiger partial charge in [-0.15, -0.1) is 0 Å². The average molecular weight is 264 g/mol. The van der Waals surface area contributed by atoms with Crippen LogP contribution in [0.5, 0.6) is 0 Å². The summed E-state index contributed by atoms with van der Waals surface area (Å²) >= 11 is 0. The van der Waals surface area contributed by atoms with E-state index < -0.39 is 5.97 Å². The van der Waals surface area contributed by atoms with Crippen LogP contribution in [0, 0.1) is 0 Å². The van der Waals surface area contributed by atoms with Crippen LogP contribution in [0.1, 0.15) is 29.6 Å². The number of benzene rings is 1. The maximum atomic E-state index is 11.5. The number of nitrogen functional groups attached to an aromatic ring is 1. The lowest BCUT2D eigenvalue weighted by Gasteiger charge is -2.12. The number of nitrogens with two attached hydrogens (primary N) is 1. The van der Waals surface area contributed by atoms with Crippen LogP contribution in [-0.2, 0) is 9.47 Å². The maximum absolute atomic E-state index is 11.5. The van der Waals surface area contributed by atoms with Crippen LogP contribution in [0.25, 0.3) is 0 Å². The molecule has 0 spiro atoms. The molecular weight excluding hydrogens is 244 g/mol. The number of methoxy groups -OCH3 is 1. The number of hydrogen-bond donors (Lipinski definition) is 2. The number of hydrogen-bond acceptors (Lipinski definition) is 5. The largest absolute Gasteiger partial charge is 0.465 e. The van der Waals surface area contributed by atoms with Gasteiger partial charge in [0.05, 0.1) is 18.8 Å². The van der Waals surface area contributed by atoms with Gasteiger partial charge in [-0.2, -0.15) is 0 Å². The molecule has 0 aromatic heterocycles.